The Kier molecular flexibility index (Phi) is 3.03. The minimum atomic E-state index is -0.686. The quantitative estimate of drug-likeness (QED) is 0.745. The van der Waals surface area contributed by atoms with Crippen LogP contribution in [0.15, 0.2) is 36.4 Å². The topological polar surface area (TPSA) is 69.9 Å². The SMILES string of the molecule is Cc1ccc(C2Oc3cc(O)ccc3CC2O)cc1O. The van der Waals surface area contributed by atoms with E-state index in [1.807, 2.05) is 13.0 Å². The van der Waals surface area contributed by atoms with Gasteiger partial charge in [-0.15, -0.1) is 0 Å². The number of aryl methyl sites for hydroxylation is 1. The molecule has 0 aromatic heterocycles. The van der Waals surface area contributed by atoms with Crippen LogP contribution in [-0.2, 0) is 6.42 Å². The first-order chi connectivity index (χ1) is 9.54. The van der Waals surface area contributed by atoms with Crippen molar-refractivity contribution in [1.82, 2.24) is 0 Å². The van der Waals surface area contributed by atoms with Crippen molar-refractivity contribution < 1.29 is 20.1 Å². The highest BCUT2D eigenvalue weighted by Gasteiger charge is 2.30. The Balaban J connectivity index is 1.97. The van der Waals surface area contributed by atoms with Crippen molar-refractivity contribution in [2.75, 3.05) is 0 Å². The lowest BCUT2D eigenvalue weighted by Crippen LogP contribution is -2.30. The lowest BCUT2D eigenvalue weighted by molar-refractivity contribution is 0.0205. The van der Waals surface area contributed by atoms with Crippen LogP contribution in [0, 0.1) is 6.92 Å². The maximum atomic E-state index is 10.2. The fourth-order valence-corrected chi connectivity index (χ4v) is 2.46. The Bertz CT molecular complexity index is 651. The molecule has 2 atom stereocenters. The highest BCUT2D eigenvalue weighted by molar-refractivity contribution is 5.44. The molecule has 0 spiro atoms. The Morgan fingerprint density at radius 3 is 2.65 bits per heavy atom. The smallest absolute Gasteiger partial charge is 0.150 e. The Hall–Kier alpha value is -2.20. The van der Waals surface area contributed by atoms with Gasteiger partial charge in [0.15, 0.2) is 0 Å². The second kappa shape index (κ2) is 4.72. The molecule has 0 bridgehead atoms. The van der Waals surface area contributed by atoms with Crippen LogP contribution in [0.1, 0.15) is 22.8 Å². The normalized spacial score (nSPS) is 21.1. The van der Waals surface area contributed by atoms with E-state index in [0.717, 1.165) is 16.7 Å². The van der Waals surface area contributed by atoms with Gasteiger partial charge in [0.25, 0.3) is 0 Å². The summed E-state index contributed by atoms with van der Waals surface area (Å²) in [4.78, 5) is 0. The summed E-state index contributed by atoms with van der Waals surface area (Å²) >= 11 is 0. The Morgan fingerprint density at radius 1 is 1.10 bits per heavy atom. The number of aliphatic hydroxyl groups excluding tert-OH is 1. The molecule has 0 saturated carbocycles. The first-order valence-corrected chi connectivity index (χ1v) is 6.51. The third kappa shape index (κ3) is 2.18. The van der Waals surface area contributed by atoms with E-state index in [-0.39, 0.29) is 11.5 Å². The van der Waals surface area contributed by atoms with Crippen molar-refractivity contribution >= 4 is 0 Å². The predicted molar refractivity (Wildman–Crippen MR) is 74.0 cm³/mol. The van der Waals surface area contributed by atoms with Crippen LogP contribution < -0.4 is 4.74 Å². The number of benzene rings is 2. The first kappa shape index (κ1) is 12.8. The molecule has 0 aliphatic carbocycles. The zero-order chi connectivity index (χ0) is 14.3. The Morgan fingerprint density at radius 2 is 1.90 bits per heavy atom. The van der Waals surface area contributed by atoms with Crippen LogP contribution in [-0.4, -0.2) is 21.4 Å². The molecule has 4 heteroatoms. The molecule has 0 radical (unpaired) electrons. The van der Waals surface area contributed by atoms with E-state index in [1.165, 1.54) is 0 Å². The highest BCUT2D eigenvalue weighted by atomic mass is 16.5. The van der Waals surface area contributed by atoms with E-state index >= 15 is 0 Å². The van der Waals surface area contributed by atoms with E-state index < -0.39 is 12.2 Å². The van der Waals surface area contributed by atoms with Gasteiger partial charge >= 0.3 is 0 Å². The fraction of sp³-hybridized carbons (Fsp3) is 0.250. The van der Waals surface area contributed by atoms with Crippen LogP contribution in [0.3, 0.4) is 0 Å². The number of hydrogen-bond acceptors (Lipinski definition) is 4. The molecular weight excluding hydrogens is 256 g/mol. The van der Waals surface area contributed by atoms with E-state index in [0.29, 0.717) is 12.2 Å². The zero-order valence-electron chi connectivity index (χ0n) is 11.1. The van der Waals surface area contributed by atoms with Crippen molar-refractivity contribution in [3.63, 3.8) is 0 Å². The van der Waals surface area contributed by atoms with E-state index in [9.17, 15) is 15.3 Å². The monoisotopic (exact) mass is 272 g/mol. The maximum absolute atomic E-state index is 10.2. The standard InChI is InChI=1S/C16H16O4/c1-9-2-3-11(7-13(9)18)16-14(19)6-10-4-5-12(17)8-15(10)20-16/h2-5,7-8,14,16-19H,6H2,1H3. The number of ether oxygens (including phenoxy) is 1. The molecule has 2 aromatic carbocycles. The van der Waals surface area contributed by atoms with Crippen molar-refractivity contribution in [2.24, 2.45) is 0 Å². The van der Waals surface area contributed by atoms with Gasteiger partial charge < -0.3 is 20.1 Å². The summed E-state index contributed by atoms with van der Waals surface area (Å²) in [5, 5.41) is 29.5. The molecule has 2 unspecified atom stereocenters. The molecule has 1 aliphatic heterocycles. The first-order valence-electron chi connectivity index (χ1n) is 6.51. The minimum absolute atomic E-state index is 0.130. The summed E-state index contributed by atoms with van der Waals surface area (Å²) in [5.74, 6) is 0.881. The highest BCUT2D eigenvalue weighted by Crippen LogP contribution is 2.37. The molecule has 1 aliphatic rings. The van der Waals surface area contributed by atoms with Crippen LogP contribution >= 0.6 is 0 Å². The molecule has 1 heterocycles. The molecular formula is C16H16O4. The number of hydrogen-bond donors (Lipinski definition) is 3. The van der Waals surface area contributed by atoms with Crippen LogP contribution in [0.2, 0.25) is 0 Å². The summed E-state index contributed by atoms with van der Waals surface area (Å²) in [6, 6.07) is 10.1. The lowest BCUT2D eigenvalue weighted by atomic mass is 9.94. The lowest BCUT2D eigenvalue weighted by Gasteiger charge is -2.31. The number of aliphatic hydroxyl groups is 1. The van der Waals surface area contributed by atoms with Gasteiger partial charge in [-0.05, 0) is 35.7 Å². The maximum Gasteiger partial charge on any atom is 0.150 e. The van der Waals surface area contributed by atoms with Crippen LogP contribution in [0.5, 0.6) is 17.2 Å². The van der Waals surface area contributed by atoms with Gasteiger partial charge in [-0.25, -0.2) is 0 Å². The third-order valence-electron chi connectivity index (χ3n) is 3.64. The molecule has 20 heavy (non-hydrogen) atoms. The second-order valence-corrected chi connectivity index (χ2v) is 5.15. The molecule has 3 rings (SSSR count). The number of rotatable bonds is 1. The summed E-state index contributed by atoms with van der Waals surface area (Å²) in [5.41, 5.74) is 2.36. The molecule has 4 nitrogen and oxygen atoms in total. The molecule has 2 aromatic rings. The van der Waals surface area contributed by atoms with Crippen LogP contribution in [0.4, 0.5) is 0 Å². The van der Waals surface area contributed by atoms with E-state index in [1.54, 1.807) is 30.3 Å². The number of phenols is 2. The molecule has 3 N–H and O–H groups in total. The van der Waals surface area contributed by atoms with Gasteiger partial charge in [0.1, 0.15) is 23.4 Å². The predicted octanol–water partition coefficient (Wildman–Crippen LogP) is 2.44. The Labute approximate surface area is 116 Å². The molecule has 0 amide bonds. The van der Waals surface area contributed by atoms with Gasteiger partial charge in [0.2, 0.25) is 0 Å². The van der Waals surface area contributed by atoms with E-state index in [4.69, 9.17) is 4.74 Å². The average molecular weight is 272 g/mol. The number of fused-ring (bicyclic) bond motifs is 1. The summed E-state index contributed by atoms with van der Waals surface area (Å²) in [7, 11) is 0. The average Bonchev–Trinajstić information content (AvgIpc) is 2.42. The number of aromatic hydroxyl groups is 2. The summed E-state index contributed by atoms with van der Waals surface area (Å²) < 4.78 is 5.78. The number of phenolic OH excluding ortho intramolecular Hbond substituents is 2. The molecule has 0 saturated heterocycles. The summed E-state index contributed by atoms with van der Waals surface area (Å²) in [6.45, 7) is 1.81. The van der Waals surface area contributed by atoms with Gasteiger partial charge in [0.05, 0.1) is 6.10 Å². The minimum Gasteiger partial charge on any atom is -0.508 e. The zero-order valence-corrected chi connectivity index (χ0v) is 11.1. The van der Waals surface area contributed by atoms with Crippen molar-refractivity contribution in [3.8, 4) is 17.2 Å². The molecule has 104 valence electrons. The molecule has 0 fully saturated rings. The summed E-state index contributed by atoms with van der Waals surface area (Å²) in [6.07, 6.45) is -0.778. The third-order valence-corrected chi connectivity index (χ3v) is 3.64. The fourth-order valence-electron chi connectivity index (χ4n) is 2.46. The van der Waals surface area contributed by atoms with Crippen molar-refractivity contribution in [2.45, 2.75) is 25.6 Å². The largest absolute Gasteiger partial charge is 0.508 e. The van der Waals surface area contributed by atoms with Gasteiger partial charge in [-0.1, -0.05) is 18.2 Å². The van der Waals surface area contributed by atoms with Crippen molar-refractivity contribution in [1.29, 1.82) is 0 Å². The van der Waals surface area contributed by atoms with Gasteiger partial charge in [-0.3, -0.25) is 0 Å². The van der Waals surface area contributed by atoms with Gasteiger partial charge in [-0.2, -0.15) is 0 Å². The van der Waals surface area contributed by atoms with Crippen LogP contribution in [0.25, 0.3) is 0 Å². The van der Waals surface area contributed by atoms with Crippen molar-refractivity contribution in [3.05, 3.63) is 53.1 Å². The van der Waals surface area contributed by atoms with E-state index in [2.05, 4.69) is 0 Å². The second-order valence-electron chi connectivity index (χ2n) is 5.15. The van der Waals surface area contributed by atoms with Gasteiger partial charge in [0, 0.05) is 12.5 Å².